The molecule has 1 atom stereocenters. The van der Waals surface area contributed by atoms with E-state index in [1.165, 1.54) is 11.3 Å². The SMILES string of the molecule is COc1ccc(OC)c(C2c3cccn3CCN2C(=S)Nc2cccc(C)c2)c1. The van der Waals surface area contributed by atoms with Gasteiger partial charge in [0.1, 0.15) is 17.5 Å². The minimum Gasteiger partial charge on any atom is -0.497 e. The van der Waals surface area contributed by atoms with Crippen molar-refractivity contribution in [3.8, 4) is 11.5 Å². The topological polar surface area (TPSA) is 38.7 Å². The van der Waals surface area contributed by atoms with Gasteiger partial charge in [-0.2, -0.15) is 0 Å². The van der Waals surface area contributed by atoms with E-state index in [2.05, 4.69) is 52.2 Å². The Labute approximate surface area is 176 Å². The maximum absolute atomic E-state index is 5.85. The molecule has 0 bridgehead atoms. The summed E-state index contributed by atoms with van der Waals surface area (Å²) in [5.74, 6) is 1.61. The van der Waals surface area contributed by atoms with Gasteiger partial charge in [0.05, 0.1) is 14.2 Å². The third-order valence-corrected chi connectivity index (χ3v) is 5.64. The Morgan fingerprint density at radius 1 is 1.03 bits per heavy atom. The molecule has 1 aliphatic rings. The van der Waals surface area contributed by atoms with Crippen LogP contribution in [0.4, 0.5) is 5.69 Å². The summed E-state index contributed by atoms with van der Waals surface area (Å²) in [4.78, 5) is 2.23. The lowest BCUT2D eigenvalue weighted by Gasteiger charge is -2.39. The molecule has 1 unspecified atom stereocenters. The van der Waals surface area contributed by atoms with Crippen molar-refractivity contribution in [1.29, 1.82) is 0 Å². The number of aryl methyl sites for hydroxylation is 1. The quantitative estimate of drug-likeness (QED) is 0.639. The highest BCUT2D eigenvalue weighted by Crippen LogP contribution is 2.39. The van der Waals surface area contributed by atoms with Crippen LogP contribution in [0.25, 0.3) is 0 Å². The average Bonchev–Trinajstić information content (AvgIpc) is 3.21. The molecule has 1 N–H and O–H groups in total. The van der Waals surface area contributed by atoms with Crippen molar-refractivity contribution in [2.24, 2.45) is 0 Å². The van der Waals surface area contributed by atoms with Crippen LogP contribution in [0.5, 0.6) is 11.5 Å². The molecule has 0 saturated heterocycles. The second-order valence-corrected chi connectivity index (χ2v) is 7.52. The Morgan fingerprint density at radius 2 is 1.90 bits per heavy atom. The molecule has 2 heterocycles. The Bertz CT molecular complexity index is 1030. The number of nitrogens with one attached hydrogen (secondary N) is 1. The molecule has 29 heavy (non-hydrogen) atoms. The number of ether oxygens (including phenoxy) is 2. The van der Waals surface area contributed by atoms with Crippen molar-refractivity contribution in [3.63, 3.8) is 0 Å². The van der Waals surface area contributed by atoms with Gasteiger partial charge in [-0.15, -0.1) is 0 Å². The van der Waals surface area contributed by atoms with Crippen LogP contribution in [0.15, 0.2) is 60.8 Å². The molecule has 0 fully saturated rings. The summed E-state index contributed by atoms with van der Waals surface area (Å²) in [6.45, 7) is 3.75. The van der Waals surface area contributed by atoms with E-state index in [9.17, 15) is 0 Å². The highest BCUT2D eigenvalue weighted by atomic mass is 32.1. The van der Waals surface area contributed by atoms with Gasteiger partial charge in [-0.1, -0.05) is 12.1 Å². The number of aromatic nitrogens is 1. The standard InChI is InChI=1S/C23H25N3O2S/c1-16-6-4-7-17(14-16)24-23(29)26-13-12-25-11-5-8-20(25)22(26)19-15-18(27-2)9-10-21(19)28-3/h4-11,14-15,22H,12-13H2,1-3H3,(H,24,29). The van der Waals surface area contributed by atoms with Crippen LogP contribution in [-0.4, -0.2) is 35.3 Å². The first-order valence-electron chi connectivity index (χ1n) is 9.62. The second kappa shape index (κ2) is 8.17. The van der Waals surface area contributed by atoms with E-state index < -0.39 is 0 Å². The van der Waals surface area contributed by atoms with Crippen LogP contribution in [-0.2, 0) is 6.54 Å². The lowest BCUT2D eigenvalue weighted by Crippen LogP contribution is -2.44. The number of methoxy groups -OCH3 is 2. The van der Waals surface area contributed by atoms with E-state index in [0.29, 0.717) is 5.11 Å². The number of hydrogen-bond donors (Lipinski definition) is 1. The number of anilines is 1. The van der Waals surface area contributed by atoms with Crippen molar-refractivity contribution in [2.45, 2.75) is 19.5 Å². The third kappa shape index (κ3) is 3.80. The van der Waals surface area contributed by atoms with Gasteiger partial charge in [0.25, 0.3) is 0 Å². The summed E-state index contributed by atoms with van der Waals surface area (Å²) in [5.41, 5.74) is 4.39. The van der Waals surface area contributed by atoms with E-state index >= 15 is 0 Å². The van der Waals surface area contributed by atoms with Gasteiger partial charge in [-0.05, 0) is 67.2 Å². The van der Waals surface area contributed by atoms with Crippen LogP contribution in [0.3, 0.4) is 0 Å². The van der Waals surface area contributed by atoms with E-state index in [0.717, 1.165) is 35.8 Å². The number of thiocarbonyl (C=S) groups is 1. The minimum atomic E-state index is -0.0754. The summed E-state index contributed by atoms with van der Waals surface area (Å²) in [7, 11) is 3.37. The Hall–Kier alpha value is -2.99. The molecule has 150 valence electrons. The van der Waals surface area contributed by atoms with E-state index in [-0.39, 0.29) is 6.04 Å². The third-order valence-electron chi connectivity index (χ3n) is 5.30. The van der Waals surface area contributed by atoms with Crippen molar-refractivity contribution in [2.75, 3.05) is 26.1 Å². The average molecular weight is 408 g/mol. The molecule has 0 radical (unpaired) electrons. The molecule has 1 aliphatic heterocycles. The highest BCUT2D eigenvalue weighted by Gasteiger charge is 2.33. The Kier molecular flexibility index (Phi) is 5.45. The second-order valence-electron chi connectivity index (χ2n) is 7.13. The number of hydrogen-bond acceptors (Lipinski definition) is 3. The van der Waals surface area contributed by atoms with Crippen molar-refractivity contribution in [3.05, 3.63) is 77.6 Å². The number of nitrogens with zero attached hydrogens (tertiary/aromatic N) is 2. The van der Waals surface area contributed by atoms with Gasteiger partial charge in [0.2, 0.25) is 0 Å². The lowest BCUT2D eigenvalue weighted by atomic mass is 9.99. The molecule has 6 heteroatoms. The van der Waals surface area contributed by atoms with Crippen molar-refractivity contribution in [1.82, 2.24) is 9.47 Å². The van der Waals surface area contributed by atoms with Crippen molar-refractivity contribution < 1.29 is 9.47 Å². The molecule has 2 aromatic carbocycles. The molecular weight excluding hydrogens is 382 g/mol. The first-order valence-corrected chi connectivity index (χ1v) is 10.0. The van der Waals surface area contributed by atoms with Crippen LogP contribution >= 0.6 is 12.2 Å². The normalized spacial score (nSPS) is 15.6. The number of rotatable bonds is 4. The largest absolute Gasteiger partial charge is 0.497 e. The zero-order valence-corrected chi connectivity index (χ0v) is 17.7. The highest BCUT2D eigenvalue weighted by molar-refractivity contribution is 7.80. The molecular formula is C23H25N3O2S. The Morgan fingerprint density at radius 3 is 2.66 bits per heavy atom. The van der Waals surface area contributed by atoms with Gasteiger partial charge in [0.15, 0.2) is 5.11 Å². The summed E-state index contributed by atoms with van der Waals surface area (Å²) in [6.07, 6.45) is 2.11. The van der Waals surface area contributed by atoms with Gasteiger partial charge < -0.3 is 24.3 Å². The summed E-state index contributed by atoms with van der Waals surface area (Å²) < 4.78 is 13.5. The maximum atomic E-state index is 5.85. The van der Waals surface area contributed by atoms with Gasteiger partial charge in [-0.25, -0.2) is 0 Å². The molecule has 0 spiro atoms. The molecule has 3 aromatic rings. The fraction of sp³-hybridized carbons (Fsp3) is 0.261. The Balaban J connectivity index is 1.75. The fourth-order valence-electron chi connectivity index (χ4n) is 3.90. The smallest absolute Gasteiger partial charge is 0.174 e. The predicted molar refractivity (Wildman–Crippen MR) is 120 cm³/mol. The monoisotopic (exact) mass is 407 g/mol. The zero-order valence-electron chi connectivity index (χ0n) is 16.9. The predicted octanol–water partition coefficient (Wildman–Crippen LogP) is 4.62. The first-order chi connectivity index (χ1) is 14.1. The zero-order chi connectivity index (χ0) is 20.4. The molecule has 0 amide bonds. The molecule has 4 rings (SSSR count). The van der Waals surface area contributed by atoms with Crippen LogP contribution in [0.1, 0.15) is 22.9 Å². The van der Waals surface area contributed by atoms with Crippen LogP contribution in [0, 0.1) is 6.92 Å². The van der Waals surface area contributed by atoms with Crippen LogP contribution in [0.2, 0.25) is 0 Å². The van der Waals surface area contributed by atoms with E-state index in [1.54, 1.807) is 14.2 Å². The van der Waals surface area contributed by atoms with Crippen LogP contribution < -0.4 is 14.8 Å². The fourth-order valence-corrected chi connectivity index (χ4v) is 4.22. The van der Waals surface area contributed by atoms with Gasteiger partial charge in [-0.3, -0.25) is 0 Å². The molecule has 1 aromatic heterocycles. The number of benzene rings is 2. The van der Waals surface area contributed by atoms with Crippen molar-refractivity contribution >= 4 is 23.0 Å². The van der Waals surface area contributed by atoms with E-state index in [4.69, 9.17) is 21.7 Å². The molecule has 5 nitrogen and oxygen atoms in total. The van der Waals surface area contributed by atoms with Gasteiger partial charge >= 0.3 is 0 Å². The summed E-state index contributed by atoms with van der Waals surface area (Å²) >= 11 is 5.85. The maximum Gasteiger partial charge on any atom is 0.174 e. The minimum absolute atomic E-state index is 0.0754. The summed E-state index contributed by atoms with van der Waals surface area (Å²) in [6, 6.07) is 18.3. The van der Waals surface area contributed by atoms with E-state index in [1.807, 2.05) is 30.3 Å². The first kappa shape index (κ1) is 19.3. The lowest BCUT2D eigenvalue weighted by molar-refractivity contribution is 0.284. The molecule has 0 aliphatic carbocycles. The van der Waals surface area contributed by atoms with Gasteiger partial charge in [0, 0.05) is 36.2 Å². The molecule has 0 saturated carbocycles. The summed E-state index contributed by atoms with van der Waals surface area (Å²) in [5, 5.41) is 4.11. The number of fused-ring (bicyclic) bond motifs is 1.